The van der Waals surface area contributed by atoms with E-state index in [0.29, 0.717) is 10.6 Å². The normalized spacial score (nSPS) is 18.3. The number of carbonyl (C=O) groups is 1. The molecule has 0 aromatic heterocycles. The lowest BCUT2D eigenvalue weighted by molar-refractivity contribution is -0.931. The van der Waals surface area contributed by atoms with E-state index in [-0.39, 0.29) is 5.91 Å². The first kappa shape index (κ1) is 17.2. The first-order valence-electron chi connectivity index (χ1n) is 6.85. The second kappa shape index (κ2) is 7.38. The number of alkyl halides is 3. The number of piperidine rings is 1. The minimum atomic E-state index is -1.55. The van der Waals surface area contributed by atoms with E-state index in [2.05, 4.69) is 5.32 Å². The van der Waals surface area contributed by atoms with Gasteiger partial charge in [0.1, 0.15) is 0 Å². The molecule has 116 valence electrons. The predicted octanol–water partition coefficient (Wildman–Crippen LogP) is 2.83. The smallest absolute Gasteiger partial charge is 0.262 e. The molecular weight excluding hydrogens is 354 g/mol. The maximum atomic E-state index is 12.3. The van der Waals surface area contributed by atoms with Crippen molar-refractivity contribution in [3.8, 4) is 0 Å². The zero-order valence-corrected chi connectivity index (χ0v) is 14.4. The van der Waals surface area contributed by atoms with E-state index >= 15 is 0 Å². The largest absolute Gasteiger partial charge is 0.312 e. The number of hydrogen-bond donors (Lipinski definition) is 2. The SMILES string of the molecule is O=C(NC([NH+]1CCCCC1)C(Cl)(Cl)Cl)c1ccc(Cl)cc1. The molecule has 0 saturated carbocycles. The number of benzene rings is 1. The topological polar surface area (TPSA) is 33.5 Å². The number of carbonyl (C=O) groups excluding carboxylic acids is 1. The van der Waals surface area contributed by atoms with Crippen molar-refractivity contribution in [2.45, 2.75) is 29.2 Å². The Morgan fingerprint density at radius 1 is 1.10 bits per heavy atom. The van der Waals surface area contributed by atoms with Crippen molar-refractivity contribution in [2.24, 2.45) is 0 Å². The van der Waals surface area contributed by atoms with Crippen LogP contribution in [0.15, 0.2) is 24.3 Å². The summed E-state index contributed by atoms with van der Waals surface area (Å²) in [6.07, 6.45) is 2.76. The fraction of sp³-hybridized carbons (Fsp3) is 0.500. The Kier molecular flexibility index (Phi) is 6.04. The van der Waals surface area contributed by atoms with Gasteiger partial charge >= 0.3 is 0 Å². The molecule has 1 saturated heterocycles. The predicted molar refractivity (Wildman–Crippen MR) is 87.5 cm³/mol. The molecule has 0 bridgehead atoms. The van der Waals surface area contributed by atoms with Crippen molar-refractivity contribution in [2.75, 3.05) is 13.1 Å². The molecule has 3 nitrogen and oxygen atoms in total. The number of hydrogen-bond acceptors (Lipinski definition) is 1. The number of amides is 1. The van der Waals surface area contributed by atoms with Gasteiger partial charge in [0.2, 0.25) is 6.17 Å². The second-order valence-corrected chi connectivity index (χ2v) is 7.98. The highest BCUT2D eigenvalue weighted by Gasteiger charge is 2.42. The maximum Gasteiger partial charge on any atom is 0.262 e. The lowest BCUT2D eigenvalue weighted by Crippen LogP contribution is -3.20. The number of quaternary nitrogens is 1. The molecule has 1 aliphatic rings. The summed E-state index contributed by atoms with van der Waals surface area (Å²) in [5.74, 6) is -0.263. The summed E-state index contributed by atoms with van der Waals surface area (Å²) in [5, 5.41) is 3.42. The van der Waals surface area contributed by atoms with Gasteiger partial charge in [0, 0.05) is 10.6 Å². The third-order valence-electron chi connectivity index (χ3n) is 3.61. The second-order valence-electron chi connectivity index (χ2n) is 5.17. The Morgan fingerprint density at radius 3 is 2.19 bits per heavy atom. The summed E-state index contributed by atoms with van der Waals surface area (Å²) in [7, 11) is 0. The fourth-order valence-electron chi connectivity index (χ4n) is 2.53. The van der Waals surface area contributed by atoms with E-state index in [1.165, 1.54) is 6.42 Å². The summed E-state index contributed by atoms with van der Waals surface area (Å²) in [6.45, 7) is 1.78. The molecule has 2 N–H and O–H groups in total. The minimum Gasteiger partial charge on any atom is -0.312 e. The summed E-state index contributed by atoms with van der Waals surface area (Å²) in [5.41, 5.74) is 0.495. The number of likely N-dealkylation sites (tertiary alicyclic amines) is 1. The van der Waals surface area contributed by atoms with Gasteiger partial charge in [-0.1, -0.05) is 46.4 Å². The monoisotopic (exact) mass is 369 g/mol. The molecule has 21 heavy (non-hydrogen) atoms. The van der Waals surface area contributed by atoms with E-state index in [1.54, 1.807) is 24.3 Å². The van der Waals surface area contributed by atoms with E-state index in [1.807, 2.05) is 0 Å². The fourth-order valence-corrected chi connectivity index (χ4v) is 3.28. The van der Waals surface area contributed by atoms with E-state index < -0.39 is 9.96 Å². The molecule has 1 fully saturated rings. The molecule has 1 aromatic rings. The van der Waals surface area contributed by atoms with Crippen LogP contribution < -0.4 is 10.2 Å². The molecule has 1 aromatic carbocycles. The van der Waals surface area contributed by atoms with E-state index in [0.717, 1.165) is 30.8 Å². The van der Waals surface area contributed by atoms with Gasteiger partial charge in [-0.05, 0) is 43.5 Å². The highest BCUT2D eigenvalue weighted by molar-refractivity contribution is 6.68. The summed E-state index contributed by atoms with van der Waals surface area (Å²) in [6, 6.07) is 6.63. The van der Waals surface area contributed by atoms with Gasteiger partial charge in [-0.25, -0.2) is 0 Å². The average Bonchev–Trinajstić information content (AvgIpc) is 2.45. The van der Waals surface area contributed by atoms with Crippen LogP contribution in [0.25, 0.3) is 0 Å². The van der Waals surface area contributed by atoms with Gasteiger partial charge in [-0.15, -0.1) is 0 Å². The third kappa shape index (κ3) is 4.90. The standard InChI is InChI=1S/C14H16Cl4N2O/c15-11-6-4-10(5-7-11)12(21)19-13(14(16,17)18)20-8-2-1-3-9-20/h4-7,13H,1-3,8-9H2,(H,19,21)/p+1. The van der Waals surface area contributed by atoms with Crippen molar-refractivity contribution in [1.82, 2.24) is 5.32 Å². The summed E-state index contributed by atoms with van der Waals surface area (Å²) >= 11 is 24.0. The first-order valence-corrected chi connectivity index (χ1v) is 8.37. The number of rotatable bonds is 3. The van der Waals surface area contributed by atoms with Crippen LogP contribution in [-0.4, -0.2) is 29.0 Å². The molecule has 1 aliphatic heterocycles. The number of nitrogens with one attached hydrogen (secondary N) is 2. The quantitative estimate of drug-likeness (QED) is 0.788. The Bertz CT molecular complexity index is 481. The van der Waals surface area contributed by atoms with Gasteiger partial charge in [-0.3, -0.25) is 10.1 Å². The first-order chi connectivity index (χ1) is 9.88. The van der Waals surface area contributed by atoms with Crippen LogP contribution in [-0.2, 0) is 0 Å². The molecule has 0 spiro atoms. The zero-order chi connectivity index (χ0) is 15.5. The van der Waals surface area contributed by atoms with Crippen molar-refractivity contribution < 1.29 is 9.69 Å². The van der Waals surface area contributed by atoms with Crippen molar-refractivity contribution >= 4 is 52.3 Å². The molecule has 0 aliphatic carbocycles. The van der Waals surface area contributed by atoms with Crippen LogP contribution in [0.2, 0.25) is 5.02 Å². The van der Waals surface area contributed by atoms with Crippen molar-refractivity contribution in [1.29, 1.82) is 0 Å². The summed E-state index contributed by atoms with van der Waals surface area (Å²) in [4.78, 5) is 13.4. The molecule has 2 rings (SSSR count). The van der Waals surface area contributed by atoms with Crippen LogP contribution in [0.4, 0.5) is 0 Å². The Hall–Kier alpha value is -0.190. The lowest BCUT2D eigenvalue weighted by atomic mass is 10.1. The van der Waals surface area contributed by atoms with Crippen LogP contribution >= 0.6 is 46.4 Å². The van der Waals surface area contributed by atoms with Gasteiger partial charge in [0.05, 0.1) is 13.1 Å². The molecule has 0 radical (unpaired) electrons. The van der Waals surface area contributed by atoms with E-state index in [4.69, 9.17) is 46.4 Å². The molecule has 1 atom stereocenters. The highest BCUT2D eigenvalue weighted by atomic mass is 35.6. The van der Waals surface area contributed by atoms with Gasteiger partial charge in [0.25, 0.3) is 9.70 Å². The molecule has 7 heteroatoms. The summed E-state index contributed by atoms with van der Waals surface area (Å²) < 4.78 is -1.55. The van der Waals surface area contributed by atoms with Crippen molar-refractivity contribution in [3.63, 3.8) is 0 Å². The van der Waals surface area contributed by atoms with Crippen LogP contribution in [0.3, 0.4) is 0 Å². The van der Waals surface area contributed by atoms with Crippen molar-refractivity contribution in [3.05, 3.63) is 34.9 Å². The molecule has 1 unspecified atom stereocenters. The van der Waals surface area contributed by atoms with Gasteiger partial charge in [0.15, 0.2) is 0 Å². The van der Waals surface area contributed by atoms with Gasteiger partial charge < -0.3 is 4.90 Å². The van der Waals surface area contributed by atoms with Crippen LogP contribution in [0.5, 0.6) is 0 Å². The molecular formula is C14H17Cl4N2O+. The average molecular weight is 371 g/mol. The number of halogens is 4. The Balaban J connectivity index is 2.10. The Labute approximate surface area is 144 Å². The minimum absolute atomic E-state index is 0.263. The lowest BCUT2D eigenvalue weighted by Gasteiger charge is -2.35. The van der Waals surface area contributed by atoms with Gasteiger partial charge in [-0.2, -0.15) is 0 Å². The van der Waals surface area contributed by atoms with Crippen LogP contribution in [0.1, 0.15) is 29.6 Å². The van der Waals surface area contributed by atoms with Crippen LogP contribution in [0, 0.1) is 0 Å². The third-order valence-corrected chi connectivity index (χ3v) is 4.52. The molecule has 1 amide bonds. The Morgan fingerprint density at radius 2 is 1.67 bits per heavy atom. The maximum absolute atomic E-state index is 12.3. The zero-order valence-electron chi connectivity index (χ0n) is 11.3. The molecule has 1 heterocycles. The highest BCUT2D eigenvalue weighted by Crippen LogP contribution is 2.28. The van der Waals surface area contributed by atoms with E-state index in [9.17, 15) is 4.79 Å².